The Morgan fingerprint density at radius 2 is 2.04 bits per heavy atom. The zero-order valence-corrected chi connectivity index (χ0v) is 16.2. The number of aliphatic imine (C=N–C) groups is 1. The van der Waals surface area contributed by atoms with E-state index in [0.717, 1.165) is 25.1 Å². The molecule has 0 spiro atoms. The minimum Gasteiger partial charge on any atom is -0.493 e. The molecule has 0 saturated carbocycles. The first-order valence-electron chi connectivity index (χ1n) is 9.12. The van der Waals surface area contributed by atoms with Crippen molar-refractivity contribution >= 4 is 11.6 Å². The molecule has 7 heteroatoms. The molecular weight excluding hydrogens is 344 g/mol. The third-order valence-corrected chi connectivity index (χ3v) is 3.97. The highest BCUT2D eigenvalue weighted by Crippen LogP contribution is 2.30. The van der Waals surface area contributed by atoms with Gasteiger partial charge in [0.2, 0.25) is 5.56 Å². The molecule has 27 heavy (non-hydrogen) atoms. The molecule has 0 unspecified atom stereocenters. The lowest BCUT2D eigenvalue weighted by molar-refractivity contribution is 0.311. The molecule has 1 heterocycles. The smallest absolute Gasteiger partial charge is 0.250 e. The molecule has 0 fully saturated rings. The average molecular weight is 372 g/mol. The Morgan fingerprint density at radius 1 is 1.19 bits per heavy atom. The van der Waals surface area contributed by atoms with Crippen molar-refractivity contribution < 1.29 is 9.47 Å². The number of benzene rings is 1. The highest BCUT2D eigenvalue weighted by atomic mass is 16.5. The number of aryl methyl sites for hydroxylation is 1. The van der Waals surface area contributed by atoms with Crippen molar-refractivity contribution in [1.29, 1.82) is 0 Å². The summed E-state index contributed by atoms with van der Waals surface area (Å²) in [6.07, 6.45) is 3.65. The molecule has 0 aliphatic rings. The number of methoxy groups -OCH3 is 1. The number of nitrogens with zero attached hydrogens (tertiary/aromatic N) is 2. The third-order valence-electron chi connectivity index (χ3n) is 3.97. The molecule has 1 aromatic carbocycles. The lowest BCUT2D eigenvalue weighted by Gasteiger charge is -2.14. The minimum atomic E-state index is 0.0348. The Kier molecular flexibility index (Phi) is 8.22. The van der Waals surface area contributed by atoms with Crippen molar-refractivity contribution in [3.05, 3.63) is 52.9 Å². The number of aromatic nitrogens is 1. The average Bonchev–Trinajstić information content (AvgIpc) is 2.68. The normalized spacial score (nSPS) is 11.1. The number of anilines is 1. The Balaban J connectivity index is 1.81. The van der Waals surface area contributed by atoms with E-state index in [0.29, 0.717) is 30.6 Å². The first kappa shape index (κ1) is 20.4. The second kappa shape index (κ2) is 10.9. The molecule has 0 amide bonds. The van der Waals surface area contributed by atoms with Gasteiger partial charge in [0, 0.05) is 44.2 Å². The summed E-state index contributed by atoms with van der Waals surface area (Å²) in [5.41, 5.74) is 0.899. The van der Waals surface area contributed by atoms with Crippen LogP contribution in [-0.2, 0) is 6.54 Å². The summed E-state index contributed by atoms with van der Waals surface area (Å²) in [6.45, 7) is 3.97. The van der Waals surface area contributed by atoms with Gasteiger partial charge in [0.15, 0.2) is 17.5 Å². The van der Waals surface area contributed by atoms with Crippen LogP contribution < -0.4 is 25.7 Å². The first-order chi connectivity index (χ1) is 13.2. The van der Waals surface area contributed by atoms with E-state index < -0.39 is 0 Å². The van der Waals surface area contributed by atoms with Crippen molar-refractivity contribution in [2.75, 3.05) is 32.6 Å². The lowest BCUT2D eigenvalue weighted by Crippen LogP contribution is -2.31. The van der Waals surface area contributed by atoms with Gasteiger partial charge in [0.25, 0.3) is 0 Å². The molecule has 2 N–H and O–H groups in total. The first-order valence-corrected chi connectivity index (χ1v) is 9.12. The monoisotopic (exact) mass is 372 g/mol. The van der Waals surface area contributed by atoms with Crippen LogP contribution in [0, 0.1) is 0 Å². The second-order valence-electron chi connectivity index (χ2n) is 5.86. The van der Waals surface area contributed by atoms with E-state index >= 15 is 0 Å². The van der Waals surface area contributed by atoms with Gasteiger partial charge in [0.1, 0.15) is 0 Å². The van der Waals surface area contributed by atoms with Crippen LogP contribution >= 0.6 is 0 Å². The van der Waals surface area contributed by atoms with Crippen molar-refractivity contribution in [3.8, 4) is 11.5 Å². The predicted octanol–water partition coefficient (Wildman–Crippen LogP) is 2.72. The van der Waals surface area contributed by atoms with Gasteiger partial charge < -0.3 is 24.7 Å². The van der Waals surface area contributed by atoms with Crippen molar-refractivity contribution in [1.82, 2.24) is 9.88 Å². The fourth-order valence-electron chi connectivity index (χ4n) is 2.60. The van der Waals surface area contributed by atoms with E-state index in [4.69, 9.17) is 9.47 Å². The number of ether oxygens (including phenoxy) is 2. The SMILES string of the molecule is CCOc1cc(NC(=NC)NCCCCn2ccccc2=O)ccc1OC. The van der Waals surface area contributed by atoms with Crippen LogP contribution in [0.1, 0.15) is 19.8 Å². The van der Waals surface area contributed by atoms with Crippen molar-refractivity contribution in [3.63, 3.8) is 0 Å². The van der Waals surface area contributed by atoms with E-state index in [2.05, 4.69) is 15.6 Å². The van der Waals surface area contributed by atoms with Gasteiger partial charge in [-0.15, -0.1) is 0 Å². The minimum absolute atomic E-state index is 0.0348. The van der Waals surface area contributed by atoms with Gasteiger partial charge in [-0.25, -0.2) is 0 Å². The highest BCUT2D eigenvalue weighted by molar-refractivity contribution is 5.93. The number of guanidine groups is 1. The van der Waals surface area contributed by atoms with Gasteiger partial charge in [-0.2, -0.15) is 0 Å². The molecule has 0 atom stereocenters. The molecule has 0 aliphatic heterocycles. The fourth-order valence-corrected chi connectivity index (χ4v) is 2.60. The quantitative estimate of drug-likeness (QED) is 0.402. The van der Waals surface area contributed by atoms with Crippen LogP contribution in [0.25, 0.3) is 0 Å². The Morgan fingerprint density at radius 3 is 2.74 bits per heavy atom. The summed E-state index contributed by atoms with van der Waals surface area (Å²) in [6, 6.07) is 10.9. The fraction of sp³-hybridized carbons (Fsp3) is 0.400. The lowest BCUT2D eigenvalue weighted by atomic mass is 10.2. The van der Waals surface area contributed by atoms with E-state index in [9.17, 15) is 4.79 Å². The molecule has 0 aliphatic carbocycles. The molecule has 0 bridgehead atoms. The standard InChI is InChI=1S/C20H28N4O3/c1-4-27-18-15-16(10-11-17(18)26-3)23-20(21-2)22-12-6-8-14-24-13-7-5-9-19(24)25/h5,7,9-11,13,15H,4,6,8,12,14H2,1-3H3,(H2,21,22,23). The van der Waals surface area contributed by atoms with Gasteiger partial charge in [-0.05, 0) is 38.0 Å². The summed E-state index contributed by atoms with van der Waals surface area (Å²) in [5.74, 6) is 2.06. The number of rotatable bonds is 9. The maximum atomic E-state index is 11.7. The predicted molar refractivity (Wildman–Crippen MR) is 109 cm³/mol. The van der Waals surface area contributed by atoms with Crippen LogP contribution in [-0.4, -0.2) is 37.8 Å². The van der Waals surface area contributed by atoms with Crippen LogP contribution in [0.5, 0.6) is 11.5 Å². The molecule has 2 rings (SSSR count). The molecule has 7 nitrogen and oxygen atoms in total. The maximum absolute atomic E-state index is 11.7. The van der Waals surface area contributed by atoms with E-state index in [1.807, 2.05) is 37.4 Å². The molecule has 1 aromatic heterocycles. The number of pyridine rings is 1. The number of nitrogens with one attached hydrogen (secondary N) is 2. The van der Waals surface area contributed by atoms with Crippen LogP contribution in [0.3, 0.4) is 0 Å². The maximum Gasteiger partial charge on any atom is 0.250 e. The van der Waals surface area contributed by atoms with Crippen LogP contribution in [0.15, 0.2) is 52.4 Å². The Bertz CT molecular complexity index is 802. The number of hydrogen-bond donors (Lipinski definition) is 2. The molecular formula is C20H28N4O3. The Hall–Kier alpha value is -2.96. The van der Waals surface area contributed by atoms with E-state index in [1.54, 1.807) is 30.9 Å². The molecule has 2 aromatic rings. The zero-order chi connectivity index (χ0) is 19.5. The van der Waals surface area contributed by atoms with Gasteiger partial charge in [0.05, 0.1) is 13.7 Å². The largest absolute Gasteiger partial charge is 0.493 e. The number of hydrogen-bond acceptors (Lipinski definition) is 4. The topological polar surface area (TPSA) is 76.9 Å². The van der Waals surface area contributed by atoms with Gasteiger partial charge >= 0.3 is 0 Å². The second-order valence-corrected chi connectivity index (χ2v) is 5.86. The summed E-state index contributed by atoms with van der Waals surface area (Å²) in [4.78, 5) is 15.9. The Labute approximate surface area is 160 Å². The molecule has 146 valence electrons. The zero-order valence-electron chi connectivity index (χ0n) is 16.2. The summed E-state index contributed by atoms with van der Waals surface area (Å²) >= 11 is 0. The summed E-state index contributed by atoms with van der Waals surface area (Å²) < 4.78 is 12.6. The summed E-state index contributed by atoms with van der Waals surface area (Å²) in [7, 11) is 3.35. The number of unbranched alkanes of at least 4 members (excludes halogenated alkanes) is 1. The highest BCUT2D eigenvalue weighted by Gasteiger charge is 2.07. The van der Waals surface area contributed by atoms with Crippen LogP contribution in [0.2, 0.25) is 0 Å². The van der Waals surface area contributed by atoms with Crippen LogP contribution in [0.4, 0.5) is 5.69 Å². The third kappa shape index (κ3) is 6.36. The molecule has 0 radical (unpaired) electrons. The van der Waals surface area contributed by atoms with Gasteiger partial charge in [-0.3, -0.25) is 9.79 Å². The summed E-state index contributed by atoms with van der Waals surface area (Å²) in [5, 5.41) is 6.52. The van der Waals surface area contributed by atoms with E-state index in [-0.39, 0.29) is 5.56 Å². The molecule has 0 saturated heterocycles. The van der Waals surface area contributed by atoms with E-state index in [1.165, 1.54) is 0 Å². The van der Waals surface area contributed by atoms with Crippen molar-refractivity contribution in [2.45, 2.75) is 26.3 Å². The van der Waals surface area contributed by atoms with Crippen molar-refractivity contribution in [2.24, 2.45) is 4.99 Å². The van der Waals surface area contributed by atoms with Gasteiger partial charge in [-0.1, -0.05) is 6.07 Å².